The number of hydrogen-bond acceptors (Lipinski definition) is 5. The highest BCUT2D eigenvalue weighted by atomic mass is 35.5. The molecule has 1 aliphatic heterocycles. The number of thiazole rings is 1. The Bertz CT molecular complexity index is 478. The van der Waals surface area contributed by atoms with Crippen LogP contribution in [-0.4, -0.2) is 42.0 Å². The van der Waals surface area contributed by atoms with Crippen LogP contribution in [0.15, 0.2) is 5.38 Å². The molecule has 0 aliphatic carbocycles. The van der Waals surface area contributed by atoms with Crippen LogP contribution in [0.4, 0.5) is 0 Å². The molecule has 2 heterocycles. The first-order chi connectivity index (χ1) is 10.6. The molecule has 1 fully saturated rings. The zero-order valence-corrected chi connectivity index (χ0v) is 16.9. The monoisotopic (exact) mass is 396 g/mol. The first-order valence-electron chi connectivity index (χ1n) is 8.25. The SMILES string of the molecule is CCc1nc(CN2CCC(CNC(=O)C(C)CN)CC2)cs1.Cl.Cl. The predicted molar refractivity (Wildman–Crippen MR) is 105 cm³/mol. The number of carbonyl (C=O) groups is 1. The second kappa shape index (κ2) is 12.0. The topological polar surface area (TPSA) is 71.2 Å². The van der Waals surface area contributed by atoms with E-state index in [0.717, 1.165) is 45.4 Å². The fourth-order valence-corrected chi connectivity index (χ4v) is 3.42. The van der Waals surface area contributed by atoms with E-state index in [0.29, 0.717) is 12.5 Å². The molecule has 0 bridgehead atoms. The van der Waals surface area contributed by atoms with Crippen LogP contribution in [0, 0.1) is 11.8 Å². The second-order valence-electron chi connectivity index (χ2n) is 6.19. The lowest BCUT2D eigenvalue weighted by Crippen LogP contribution is -2.40. The summed E-state index contributed by atoms with van der Waals surface area (Å²) in [5.41, 5.74) is 6.71. The molecule has 1 unspecified atom stereocenters. The number of likely N-dealkylation sites (tertiary alicyclic amines) is 1. The van der Waals surface area contributed by atoms with E-state index in [2.05, 4.69) is 27.5 Å². The average molecular weight is 397 g/mol. The molecular weight excluding hydrogens is 367 g/mol. The standard InChI is InChI=1S/C16H28N4OS.2ClH/c1-3-15-19-14(11-22-15)10-20-6-4-13(5-7-20)9-18-16(21)12(2)8-17;;/h11-13H,3-10,17H2,1-2H3,(H,18,21);2*1H. The fraction of sp³-hybridized carbons (Fsp3) is 0.750. The van der Waals surface area contributed by atoms with Gasteiger partial charge in [0.05, 0.1) is 10.7 Å². The summed E-state index contributed by atoms with van der Waals surface area (Å²) >= 11 is 1.76. The van der Waals surface area contributed by atoms with Gasteiger partial charge >= 0.3 is 0 Å². The number of hydrogen-bond donors (Lipinski definition) is 2. The van der Waals surface area contributed by atoms with Gasteiger partial charge in [-0.15, -0.1) is 36.2 Å². The van der Waals surface area contributed by atoms with Crippen LogP contribution >= 0.6 is 36.2 Å². The van der Waals surface area contributed by atoms with Crippen LogP contribution in [0.2, 0.25) is 0 Å². The average Bonchev–Trinajstić information content (AvgIpc) is 3.00. The van der Waals surface area contributed by atoms with Gasteiger partial charge in [0.1, 0.15) is 0 Å². The van der Waals surface area contributed by atoms with Gasteiger partial charge in [0.15, 0.2) is 0 Å². The molecule has 3 N–H and O–H groups in total. The lowest BCUT2D eigenvalue weighted by Gasteiger charge is -2.31. The molecule has 2 rings (SSSR count). The van der Waals surface area contributed by atoms with E-state index >= 15 is 0 Å². The van der Waals surface area contributed by atoms with Crippen molar-refractivity contribution in [1.82, 2.24) is 15.2 Å². The maximum absolute atomic E-state index is 11.7. The number of halogens is 2. The van der Waals surface area contributed by atoms with E-state index in [1.165, 1.54) is 10.7 Å². The first kappa shape index (κ1) is 23.6. The summed E-state index contributed by atoms with van der Waals surface area (Å²) in [5, 5.41) is 6.43. The number of amides is 1. The van der Waals surface area contributed by atoms with Crippen LogP contribution in [0.5, 0.6) is 0 Å². The number of aromatic nitrogens is 1. The Hall–Kier alpha value is -0.400. The number of nitrogens with one attached hydrogen (secondary N) is 1. The van der Waals surface area contributed by atoms with Gasteiger partial charge in [-0.05, 0) is 38.3 Å². The summed E-state index contributed by atoms with van der Waals surface area (Å²) in [6.07, 6.45) is 3.30. The largest absolute Gasteiger partial charge is 0.356 e. The fourth-order valence-electron chi connectivity index (χ4n) is 2.69. The Labute approximate surface area is 161 Å². The normalized spacial score (nSPS) is 16.8. The van der Waals surface area contributed by atoms with Crippen molar-refractivity contribution in [2.24, 2.45) is 17.6 Å². The Morgan fingerprint density at radius 2 is 2.12 bits per heavy atom. The highest BCUT2D eigenvalue weighted by Crippen LogP contribution is 2.19. The van der Waals surface area contributed by atoms with Gasteiger partial charge in [0, 0.05) is 30.9 Å². The van der Waals surface area contributed by atoms with Crippen LogP contribution in [0.3, 0.4) is 0 Å². The summed E-state index contributed by atoms with van der Waals surface area (Å²) in [6.45, 7) is 8.35. The molecule has 1 atom stereocenters. The molecule has 24 heavy (non-hydrogen) atoms. The molecule has 1 amide bonds. The Kier molecular flexibility index (Phi) is 11.8. The van der Waals surface area contributed by atoms with Gasteiger partial charge in [-0.25, -0.2) is 4.98 Å². The maximum atomic E-state index is 11.7. The van der Waals surface area contributed by atoms with Crippen molar-refractivity contribution in [3.63, 3.8) is 0 Å². The third kappa shape index (κ3) is 7.23. The molecule has 1 aliphatic rings. The zero-order chi connectivity index (χ0) is 15.9. The van der Waals surface area contributed by atoms with E-state index in [4.69, 9.17) is 5.73 Å². The van der Waals surface area contributed by atoms with Crippen molar-refractivity contribution >= 4 is 42.1 Å². The van der Waals surface area contributed by atoms with E-state index in [9.17, 15) is 4.79 Å². The molecule has 1 aromatic heterocycles. The van der Waals surface area contributed by atoms with Crippen LogP contribution in [0.1, 0.15) is 37.4 Å². The maximum Gasteiger partial charge on any atom is 0.224 e. The highest BCUT2D eigenvalue weighted by molar-refractivity contribution is 7.09. The summed E-state index contributed by atoms with van der Waals surface area (Å²) < 4.78 is 0. The molecule has 0 aromatic carbocycles. The third-order valence-electron chi connectivity index (χ3n) is 4.36. The molecule has 5 nitrogen and oxygen atoms in total. The Morgan fingerprint density at radius 1 is 1.46 bits per heavy atom. The van der Waals surface area contributed by atoms with Crippen molar-refractivity contribution in [3.8, 4) is 0 Å². The van der Waals surface area contributed by atoms with E-state index in [1.54, 1.807) is 11.3 Å². The Morgan fingerprint density at radius 3 is 2.67 bits per heavy atom. The minimum Gasteiger partial charge on any atom is -0.356 e. The minimum atomic E-state index is -0.0856. The van der Waals surface area contributed by atoms with E-state index in [-0.39, 0.29) is 36.6 Å². The minimum absolute atomic E-state index is 0. The molecule has 0 radical (unpaired) electrons. The van der Waals surface area contributed by atoms with Crippen LogP contribution in [-0.2, 0) is 17.8 Å². The number of aryl methyl sites for hydroxylation is 1. The van der Waals surface area contributed by atoms with Crippen LogP contribution in [0.25, 0.3) is 0 Å². The van der Waals surface area contributed by atoms with Gasteiger partial charge in [0.25, 0.3) is 0 Å². The molecule has 8 heteroatoms. The van der Waals surface area contributed by atoms with Crippen molar-refractivity contribution in [3.05, 3.63) is 16.1 Å². The summed E-state index contributed by atoms with van der Waals surface area (Å²) in [6, 6.07) is 0. The van der Waals surface area contributed by atoms with Gasteiger partial charge < -0.3 is 11.1 Å². The summed E-state index contributed by atoms with van der Waals surface area (Å²) in [5.74, 6) is 0.587. The highest BCUT2D eigenvalue weighted by Gasteiger charge is 2.21. The smallest absolute Gasteiger partial charge is 0.224 e. The summed E-state index contributed by atoms with van der Waals surface area (Å²) in [7, 11) is 0. The van der Waals surface area contributed by atoms with Crippen molar-refractivity contribution < 1.29 is 4.79 Å². The van der Waals surface area contributed by atoms with Crippen molar-refractivity contribution in [2.45, 2.75) is 39.7 Å². The van der Waals surface area contributed by atoms with Gasteiger partial charge in [-0.1, -0.05) is 13.8 Å². The first-order valence-corrected chi connectivity index (χ1v) is 9.13. The van der Waals surface area contributed by atoms with Crippen LogP contribution < -0.4 is 11.1 Å². The van der Waals surface area contributed by atoms with Crippen molar-refractivity contribution in [1.29, 1.82) is 0 Å². The second-order valence-corrected chi connectivity index (χ2v) is 7.13. The predicted octanol–water partition coefficient (Wildman–Crippen LogP) is 2.47. The number of nitrogens with zero attached hydrogens (tertiary/aromatic N) is 2. The van der Waals surface area contributed by atoms with E-state index in [1.807, 2.05) is 6.92 Å². The number of rotatable bonds is 7. The van der Waals surface area contributed by atoms with Gasteiger partial charge in [0.2, 0.25) is 5.91 Å². The Balaban J connectivity index is 0.00000264. The number of carbonyl (C=O) groups excluding carboxylic acids is 1. The molecule has 140 valence electrons. The molecular formula is C16H30Cl2N4OS. The van der Waals surface area contributed by atoms with Gasteiger partial charge in [-0.2, -0.15) is 0 Å². The molecule has 0 spiro atoms. The molecule has 0 saturated carbocycles. The number of nitrogens with two attached hydrogens (primary N) is 1. The van der Waals surface area contributed by atoms with Gasteiger partial charge in [-0.3, -0.25) is 9.69 Å². The van der Waals surface area contributed by atoms with E-state index < -0.39 is 0 Å². The molecule has 1 aromatic rings. The van der Waals surface area contributed by atoms with Crippen molar-refractivity contribution in [2.75, 3.05) is 26.2 Å². The number of piperidine rings is 1. The zero-order valence-electron chi connectivity index (χ0n) is 14.5. The lowest BCUT2D eigenvalue weighted by atomic mass is 9.96. The quantitative estimate of drug-likeness (QED) is 0.742. The summed E-state index contributed by atoms with van der Waals surface area (Å²) in [4.78, 5) is 18.9. The third-order valence-corrected chi connectivity index (χ3v) is 5.40. The lowest BCUT2D eigenvalue weighted by molar-refractivity contribution is -0.124. The molecule has 1 saturated heterocycles.